The van der Waals surface area contributed by atoms with E-state index in [4.69, 9.17) is 25.8 Å². The third-order valence-corrected chi connectivity index (χ3v) is 5.32. The number of aromatic nitrogens is 2. The van der Waals surface area contributed by atoms with Crippen molar-refractivity contribution in [2.45, 2.75) is 52.3 Å². The second kappa shape index (κ2) is 11.3. The molecule has 1 aromatic carbocycles. The number of carbonyl (C=O) groups is 1. The standard InChI is InChI=1S/C23H31ClN4O4/c1-5-31-20-12-16(6-7-19(20)32-15(2)3)14-28(17-8-10-25-11-9-17)21-13-18(22(29)30-4)26-23(24)27-21/h6-7,12-13,15,17,25H,5,8-11,14H2,1-4H3. The van der Waals surface area contributed by atoms with Gasteiger partial charge in [0.15, 0.2) is 17.2 Å². The molecule has 32 heavy (non-hydrogen) atoms. The van der Waals surface area contributed by atoms with Crippen LogP contribution in [0.4, 0.5) is 5.82 Å². The van der Waals surface area contributed by atoms with Gasteiger partial charge in [0.05, 0.1) is 19.8 Å². The van der Waals surface area contributed by atoms with Crippen LogP contribution < -0.4 is 19.7 Å². The highest BCUT2D eigenvalue weighted by atomic mass is 35.5. The predicted octanol–water partition coefficient (Wildman–Crippen LogP) is 3.86. The number of anilines is 1. The maximum atomic E-state index is 12.1. The van der Waals surface area contributed by atoms with E-state index < -0.39 is 5.97 Å². The molecule has 0 spiro atoms. The number of methoxy groups -OCH3 is 1. The third kappa shape index (κ3) is 6.23. The molecule has 0 radical (unpaired) electrons. The van der Waals surface area contributed by atoms with Crippen molar-refractivity contribution in [3.8, 4) is 11.5 Å². The third-order valence-electron chi connectivity index (χ3n) is 5.15. The Hall–Kier alpha value is -2.58. The molecule has 1 aliphatic rings. The fraction of sp³-hybridized carbons (Fsp3) is 0.522. The van der Waals surface area contributed by atoms with E-state index >= 15 is 0 Å². The van der Waals surface area contributed by atoms with Crippen LogP contribution in [0.3, 0.4) is 0 Å². The molecule has 0 amide bonds. The summed E-state index contributed by atoms with van der Waals surface area (Å²) in [6, 6.07) is 7.83. The number of carbonyl (C=O) groups excluding carboxylic acids is 1. The van der Waals surface area contributed by atoms with Crippen LogP contribution in [0.1, 0.15) is 49.7 Å². The average molecular weight is 463 g/mol. The number of benzene rings is 1. The Balaban J connectivity index is 1.96. The van der Waals surface area contributed by atoms with Crippen LogP contribution in [0.2, 0.25) is 5.28 Å². The molecule has 0 saturated carbocycles. The fourth-order valence-corrected chi connectivity index (χ4v) is 3.92. The summed E-state index contributed by atoms with van der Waals surface area (Å²) < 4.78 is 16.6. The lowest BCUT2D eigenvalue weighted by atomic mass is 10.0. The number of halogens is 1. The number of piperidine rings is 1. The van der Waals surface area contributed by atoms with Crippen molar-refractivity contribution in [2.75, 3.05) is 31.7 Å². The van der Waals surface area contributed by atoms with Gasteiger partial charge >= 0.3 is 5.97 Å². The van der Waals surface area contributed by atoms with E-state index in [1.807, 2.05) is 39.0 Å². The first-order valence-electron chi connectivity index (χ1n) is 10.9. The van der Waals surface area contributed by atoms with Crippen molar-refractivity contribution < 1.29 is 19.0 Å². The molecule has 8 nitrogen and oxygen atoms in total. The first-order chi connectivity index (χ1) is 15.4. The number of nitrogens with zero attached hydrogens (tertiary/aromatic N) is 3. The summed E-state index contributed by atoms with van der Waals surface area (Å²) >= 11 is 6.17. The number of esters is 1. The Labute approximate surface area is 194 Å². The van der Waals surface area contributed by atoms with E-state index in [0.717, 1.165) is 37.2 Å². The van der Waals surface area contributed by atoms with E-state index in [9.17, 15) is 4.79 Å². The van der Waals surface area contributed by atoms with Crippen molar-refractivity contribution in [3.05, 3.63) is 40.8 Å². The van der Waals surface area contributed by atoms with Crippen LogP contribution in [0, 0.1) is 0 Å². The molecule has 0 bridgehead atoms. The first-order valence-corrected chi connectivity index (χ1v) is 11.3. The minimum atomic E-state index is -0.547. The molecule has 1 aliphatic heterocycles. The molecule has 1 fully saturated rings. The molecule has 0 aliphatic carbocycles. The van der Waals surface area contributed by atoms with Crippen molar-refractivity contribution in [1.29, 1.82) is 0 Å². The van der Waals surface area contributed by atoms with Gasteiger partial charge in [-0.15, -0.1) is 0 Å². The van der Waals surface area contributed by atoms with Crippen molar-refractivity contribution >= 4 is 23.4 Å². The summed E-state index contributed by atoms with van der Waals surface area (Å²) in [7, 11) is 1.32. The minimum absolute atomic E-state index is 0.0116. The molecule has 2 heterocycles. The summed E-state index contributed by atoms with van der Waals surface area (Å²) in [4.78, 5) is 22.7. The molecular weight excluding hydrogens is 432 g/mol. The number of hydrogen-bond acceptors (Lipinski definition) is 8. The molecule has 2 aromatic rings. The summed E-state index contributed by atoms with van der Waals surface area (Å²) in [5.41, 5.74) is 1.18. The zero-order valence-electron chi connectivity index (χ0n) is 19.1. The van der Waals surface area contributed by atoms with E-state index in [0.29, 0.717) is 24.7 Å². The molecule has 9 heteroatoms. The van der Waals surface area contributed by atoms with Gasteiger partial charge in [0, 0.05) is 18.7 Å². The summed E-state index contributed by atoms with van der Waals surface area (Å²) in [5.74, 6) is 1.48. The molecule has 1 aromatic heterocycles. The van der Waals surface area contributed by atoms with Crippen LogP contribution in [-0.4, -0.2) is 54.9 Å². The highest BCUT2D eigenvalue weighted by Crippen LogP contribution is 2.32. The van der Waals surface area contributed by atoms with Gasteiger partial charge in [-0.05, 0) is 76.0 Å². The van der Waals surface area contributed by atoms with Crippen LogP contribution in [-0.2, 0) is 11.3 Å². The van der Waals surface area contributed by atoms with Gasteiger partial charge < -0.3 is 24.4 Å². The van der Waals surface area contributed by atoms with Gasteiger partial charge in [0.1, 0.15) is 5.82 Å². The topological polar surface area (TPSA) is 85.8 Å². The van der Waals surface area contributed by atoms with Gasteiger partial charge in [-0.3, -0.25) is 0 Å². The normalized spacial score (nSPS) is 14.3. The van der Waals surface area contributed by atoms with Crippen molar-refractivity contribution in [2.24, 2.45) is 0 Å². The van der Waals surface area contributed by atoms with E-state index in [1.165, 1.54) is 7.11 Å². The Morgan fingerprint density at radius 1 is 1.22 bits per heavy atom. The maximum Gasteiger partial charge on any atom is 0.356 e. The number of hydrogen-bond donors (Lipinski definition) is 1. The summed E-state index contributed by atoms with van der Waals surface area (Å²) in [5, 5.41) is 3.40. The lowest BCUT2D eigenvalue weighted by Crippen LogP contribution is -2.43. The number of rotatable bonds is 9. The van der Waals surface area contributed by atoms with Crippen LogP contribution in [0.5, 0.6) is 11.5 Å². The Morgan fingerprint density at radius 2 is 1.97 bits per heavy atom. The summed E-state index contributed by atoms with van der Waals surface area (Å²) in [6.45, 7) is 8.86. The zero-order valence-corrected chi connectivity index (χ0v) is 19.8. The molecule has 3 rings (SSSR count). The van der Waals surface area contributed by atoms with Crippen molar-refractivity contribution in [1.82, 2.24) is 15.3 Å². The largest absolute Gasteiger partial charge is 0.490 e. The van der Waals surface area contributed by atoms with Gasteiger partial charge in [-0.1, -0.05) is 6.07 Å². The van der Waals surface area contributed by atoms with Crippen LogP contribution >= 0.6 is 11.6 Å². The van der Waals surface area contributed by atoms with E-state index in [1.54, 1.807) is 6.07 Å². The van der Waals surface area contributed by atoms with Gasteiger partial charge in [-0.25, -0.2) is 14.8 Å². The van der Waals surface area contributed by atoms with Gasteiger partial charge in [0.25, 0.3) is 0 Å². The van der Waals surface area contributed by atoms with Crippen molar-refractivity contribution in [3.63, 3.8) is 0 Å². The van der Waals surface area contributed by atoms with E-state index in [2.05, 4.69) is 20.2 Å². The van der Waals surface area contributed by atoms with Gasteiger partial charge in [0.2, 0.25) is 5.28 Å². The Morgan fingerprint density at radius 3 is 2.62 bits per heavy atom. The quantitative estimate of drug-likeness (QED) is 0.444. The summed E-state index contributed by atoms with van der Waals surface area (Å²) in [6.07, 6.45) is 1.94. The zero-order chi connectivity index (χ0) is 23.1. The average Bonchev–Trinajstić information content (AvgIpc) is 2.78. The Bertz CT molecular complexity index is 919. The second-order valence-electron chi connectivity index (χ2n) is 7.86. The number of ether oxygens (including phenoxy) is 3. The molecular formula is C23H31ClN4O4. The minimum Gasteiger partial charge on any atom is -0.490 e. The molecule has 1 N–H and O–H groups in total. The maximum absolute atomic E-state index is 12.1. The highest BCUT2D eigenvalue weighted by molar-refractivity contribution is 6.28. The van der Waals surface area contributed by atoms with E-state index in [-0.39, 0.29) is 23.1 Å². The van der Waals surface area contributed by atoms with Crippen LogP contribution in [0.15, 0.2) is 24.3 Å². The highest BCUT2D eigenvalue weighted by Gasteiger charge is 2.25. The molecule has 0 atom stereocenters. The lowest BCUT2D eigenvalue weighted by Gasteiger charge is -2.36. The monoisotopic (exact) mass is 462 g/mol. The fourth-order valence-electron chi connectivity index (χ4n) is 3.74. The predicted molar refractivity (Wildman–Crippen MR) is 124 cm³/mol. The molecule has 174 valence electrons. The molecule has 1 saturated heterocycles. The first kappa shape index (κ1) is 24.1. The Kier molecular flexibility index (Phi) is 8.53. The lowest BCUT2D eigenvalue weighted by molar-refractivity contribution is 0.0594. The molecule has 0 unspecified atom stereocenters. The number of nitrogens with one attached hydrogen (secondary N) is 1. The second-order valence-corrected chi connectivity index (χ2v) is 8.20. The van der Waals surface area contributed by atoms with Gasteiger partial charge in [-0.2, -0.15) is 0 Å². The SMILES string of the molecule is CCOc1cc(CN(c2cc(C(=O)OC)nc(Cl)n2)C2CCNCC2)ccc1OC(C)C. The smallest absolute Gasteiger partial charge is 0.356 e. The van der Waals surface area contributed by atoms with Crippen LogP contribution in [0.25, 0.3) is 0 Å².